The standard InChI is InChI=1S/C15H24N6O/c1-4-6-7-8-9-12-17-15(21-20-12)19-14-16-10(3)11(5-2)13(22)18-14/h4-9H2,1-3H3,(H3,16,17,18,19,20,21,22). The predicted octanol–water partition coefficient (Wildman–Crippen LogP) is 2.63. The number of rotatable bonds is 8. The molecule has 0 spiro atoms. The maximum Gasteiger partial charge on any atom is 0.255 e. The zero-order chi connectivity index (χ0) is 15.9. The molecular formula is C15H24N6O. The third-order valence-corrected chi connectivity index (χ3v) is 3.60. The van der Waals surface area contributed by atoms with Gasteiger partial charge < -0.3 is 0 Å². The van der Waals surface area contributed by atoms with Crippen LogP contribution < -0.4 is 10.9 Å². The molecule has 2 heterocycles. The van der Waals surface area contributed by atoms with Crippen molar-refractivity contribution in [2.75, 3.05) is 5.32 Å². The molecule has 2 aromatic heterocycles. The van der Waals surface area contributed by atoms with Crippen LogP contribution in [0.15, 0.2) is 4.79 Å². The van der Waals surface area contributed by atoms with Crippen LogP contribution >= 0.6 is 0 Å². The highest BCUT2D eigenvalue weighted by Gasteiger charge is 2.08. The minimum absolute atomic E-state index is 0.118. The number of aromatic nitrogens is 5. The van der Waals surface area contributed by atoms with E-state index in [1.54, 1.807) is 0 Å². The Morgan fingerprint density at radius 1 is 1.14 bits per heavy atom. The molecule has 0 saturated carbocycles. The number of hydrogen-bond donors (Lipinski definition) is 3. The normalized spacial score (nSPS) is 10.9. The number of nitrogens with zero attached hydrogens (tertiary/aromatic N) is 3. The second kappa shape index (κ2) is 7.72. The van der Waals surface area contributed by atoms with Crippen LogP contribution in [0.5, 0.6) is 0 Å². The van der Waals surface area contributed by atoms with Crippen molar-refractivity contribution in [2.45, 2.75) is 59.3 Å². The fourth-order valence-corrected chi connectivity index (χ4v) is 2.37. The largest absolute Gasteiger partial charge is 0.293 e. The van der Waals surface area contributed by atoms with Gasteiger partial charge in [0.05, 0.1) is 0 Å². The molecule has 0 aliphatic heterocycles. The molecule has 0 aliphatic carbocycles. The lowest BCUT2D eigenvalue weighted by atomic mass is 10.1. The highest BCUT2D eigenvalue weighted by Crippen LogP contribution is 2.10. The van der Waals surface area contributed by atoms with Gasteiger partial charge in [-0.25, -0.2) is 4.98 Å². The lowest BCUT2D eigenvalue weighted by molar-refractivity contribution is 0.653. The second-order valence-corrected chi connectivity index (χ2v) is 5.37. The fraction of sp³-hybridized carbons (Fsp3) is 0.600. The van der Waals surface area contributed by atoms with Crippen LogP contribution in [0.25, 0.3) is 0 Å². The van der Waals surface area contributed by atoms with E-state index < -0.39 is 0 Å². The maximum absolute atomic E-state index is 11.9. The lowest BCUT2D eigenvalue weighted by Gasteiger charge is -2.05. The molecular weight excluding hydrogens is 280 g/mol. The van der Waals surface area contributed by atoms with Gasteiger partial charge in [0.1, 0.15) is 5.82 Å². The molecule has 0 fully saturated rings. The average molecular weight is 304 g/mol. The number of hydrogen-bond acceptors (Lipinski definition) is 5. The summed E-state index contributed by atoms with van der Waals surface area (Å²) in [6.45, 7) is 5.96. The van der Waals surface area contributed by atoms with Crippen molar-refractivity contribution >= 4 is 11.9 Å². The Kier molecular flexibility index (Phi) is 5.68. The molecule has 2 rings (SSSR count). The first-order chi connectivity index (χ1) is 10.6. The first kappa shape index (κ1) is 16.2. The third kappa shape index (κ3) is 4.16. The lowest BCUT2D eigenvalue weighted by Crippen LogP contribution is -2.17. The van der Waals surface area contributed by atoms with E-state index >= 15 is 0 Å². The van der Waals surface area contributed by atoms with Crippen molar-refractivity contribution in [3.63, 3.8) is 0 Å². The summed E-state index contributed by atoms with van der Waals surface area (Å²) in [4.78, 5) is 23.3. The fourth-order valence-electron chi connectivity index (χ4n) is 2.37. The van der Waals surface area contributed by atoms with Crippen molar-refractivity contribution in [1.82, 2.24) is 25.1 Å². The van der Waals surface area contributed by atoms with E-state index in [0.29, 0.717) is 23.9 Å². The third-order valence-electron chi connectivity index (χ3n) is 3.60. The minimum Gasteiger partial charge on any atom is -0.293 e. The molecule has 0 aromatic carbocycles. The summed E-state index contributed by atoms with van der Waals surface area (Å²) in [6, 6.07) is 0. The first-order valence-electron chi connectivity index (χ1n) is 7.92. The molecule has 3 N–H and O–H groups in total. The minimum atomic E-state index is -0.118. The van der Waals surface area contributed by atoms with E-state index in [9.17, 15) is 4.79 Å². The van der Waals surface area contributed by atoms with Crippen LogP contribution in [0.4, 0.5) is 11.9 Å². The first-order valence-corrected chi connectivity index (χ1v) is 7.92. The van der Waals surface area contributed by atoms with Crippen LogP contribution in [0.1, 0.15) is 56.6 Å². The van der Waals surface area contributed by atoms with Crippen molar-refractivity contribution in [1.29, 1.82) is 0 Å². The highest BCUT2D eigenvalue weighted by molar-refractivity contribution is 5.42. The quantitative estimate of drug-likeness (QED) is 0.651. The number of anilines is 2. The van der Waals surface area contributed by atoms with E-state index in [1.165, 1.54) is 19.3 Å². The zero-order valence-electron chi connectivity index (χ0n) is 13.5. The topological polar surface area (TPSA) is 99.3 Å². The predicted molar refractivity (Wildman–Crippen MR) is 86.5 cm³/mol. The van der Waals surface area contributed by atoms with Crippen LogP contribution in [0.3, 0.4) is 0 Å². The number of unbranched alkanes of at least 4 members (excludes halogenated alkanes) is 3. The van der Waals surface area contributed by atoms with E-state index in [4.69, 9.17) is 0 Å². The summed E-state index contributed by atoms with van der Waals surface area (Å²) in [6.07, 6.45) is 6.31. The maximum atomic E-state index is 11.9. The summed E-state index contributed by atoms with van der Waals surface area (Å²) in [5.41, 5.74) is 1.31. The Hall–Kier alpha value is -2.18. The van der Waals surface area contributed by atoms with Crippen LogP contribution in [0.2, 0.25) is 0 Å². The number of aromatic amines is 2. The molecule has 0 atom stereocenters. The van der Waals surface area contributed by atoms with Gasteiger partial charge in [-0.2, -0.15) is 4.98 Å². The highest BCUT2D eigenvalue weighted by atomic mass is 16.1. The van der Waals surface area contributed by atoms with E-state index in [-0.39, 0.29) is 5.56 Å². The molecule has 22 heavy (non-hydrogen) atoms. The number of nitrogens with one attached hydrogen (secondary N) is 3. The van der Waals surface area contributed by atoms with Crippen molar-refractivity contribution in [3.05, 3.63) is 27.4 Å². The van der Waals surface area contributed by atoms with Crippen LogP contribution in [0, 0.1) is 6.92 Å². The van der Waals surface area contributed by atoms with Crippen LogP contribution in [-0.2, 0) is 12.8 Å². The van der Waals surface area contributed by atoms with Crippen LogP contribution in [-0.4, -0.2) is 25.1 Å². The molecule has 0 amide bonds. The Labute approximate surface area is 130 Å². The van der Waals surface area contributed by atoms with Gasteiger partial charge in [0, 0.05) is 17.7 Å². The molecule has 7 nitrogen and oxygen atoms in total. The molecule has 0 aliphatic rings. The van der Waals surface area contributed by atoms with Gasteiger partial charge in [0.25, 0.3) is 5.56 Å². The molecule has 0 saturated heterocycles. The van der Waals surface area contributed by atoms with Crippen molar-refractivity contribution < 1.29 is 0 Å². The number of H-pyrrole nitrogens is 2. The van der Waals surface area contributed by atoms with E-state index in [0.717, 1.165) is 24.4 Å². The Bertz CT molecular complexity index is 660. The molecule has 0 radical (unpaired) electrons. The summed E-state index contributed by atoms with van der Waals surface area (Å²) in [5.74, 6) is 1.65. The van der Waals surface area contributed by atoms with Gasteiger partial charge in [-0.1, -0.05) is 33.1 Å². The summed E-state index contributed by atoms with van der Waals surface area (Å²) in [5, 5.41) is 9.95. The molecule has 0 unspecified atom stereocenters. The average Bonchev–Trinajstić information content (AvgIpc) is 2.91. The van der Waals surface area contributed by atoms with E-state index in [2.05, 4.69) is 37.4 Å². The van der Waals surface area contributed by atoms with Gasteiger partial charge in [-0.15, -0.1) is 5.10 Å². The summed E-state index contributed by atoms with van der Waals surface area (Å²) in [7, 11) is 0. The van der Waals surface area contributed by atoms with E-state index in [1.807, 2.05) is 13.8 Å². The van der Waals surface area contributed by atoms with Crippen molar-refractivity contribution in [2.24, 2.45) is 0 Å². The number of aryl methyl sites for hydroxylation is 2. The summed E-state index contributed by atoms with van der Waals surface area (Å²) < 4.78 is 0. The molecule has 7 heteroatoms. The summed E-state index contributed by atoms with van der Waals surface area (Å²) >= 11 is 0. The van der Waals surface area contributed by atoms with Crippen molar-refractivity contribution in [3.8, 4) is 0 Å². The Morgan fingerprint density at radius 3 is 2.64 bits per heavy atom. The second-order valence-electron chi connectivity index (χ2n) is 5.37. The van der Waals surface area contributed by atoms with Gasteiger partial charge >= 0.3 is 0 Å². The van der Waals surface area contributed by atoms with Gasteiger partial charge in [-0.05, 0) is 19.8 Å². The van der Waals surface area contributed by atoms with Gasteiger partial charge in [0.2, 0.25) is 11.9 Å². The zero-order valence-corrected chi connectivity index (χ0v) is 13.5. The SMILES string of the molecule is CCCCCCc1nc(Nc2nc(C)c(CC)c(=O)[nH]2)n[nH]1. The molecule has 120 valence electrons. The smallest absolute Gasteiger partial charge is 0.255 e. The Morgan fingerprint density at radius 2 is 1.95 bits per heavy atom. The van der Waals surface area contributed by atoms with Gasteiger partial charge in [-0.3, -0.25) is 20.2 Å². The molecule has 2 aromatic rings. The monoisotopic (exact) mass is 304 g/mol. The Balaban J connectivity index is 1.99. The van der Waals surface area contributed by atoms with Gasteiger partial charge in [0.15, 0.2) is 0 Å². The molecule has 0 bridgehead atoms.